The van der Waals surface area contributed by atoms with Gasteiger partial charge < -0.3 is 18.9 Å². The normalized spacial score (nSPS) is 42.5. The van der Waals surface area contributed by atoms with Crippen molar-refractivity contribution in [2.24, 2.45) is 23.2 Å². The molecule has 176 valence electrons. The minimum atomic E-state index is -1.36. The molecule has 0 amide bonds. The molecule has 2 heterocycles. The number of hydrogen-bond acceptors (Lipinski definition) is 7. The second-order valence-corrected chi connectivity index (χ2v) is 10.6. The van der Waals surface area contributed by atoms with E-state index in [1.165, 1.54) is 0 Å². The molecule has 4 fully saturated rings. The summed E-state index contributed by atoms with van der Waals surface area (Å²) in [4.78, 5) is 37.9. The van der Waals surface area contributed by atoms with Crippen LogP contribution >= 0.6 is 0 Å². The van der Waals surface area contributed by atoms with Crippen molar-refractivity contribution < 1.29 is 33.3 Å². The predicted octanol–water partition coefficient (Wildman–Crippen LogP) is 3.51. The van der Waals surface area contributed by atoms with Gasteiger partial charge in [-0.2, -0.15) is 0 Å². The van der Waals surface area contributed by atoms with Crippen LogP contribution in [0, 0.1) is 23.2 Å². The molecule has 0 aromatic rings. The summed E-state index contributed by atoms with van der Waals surface area (Å²) in [5, 5.41) is 0. The fourth-order valence-corrected chi connectivity index (χ4v) is 5.93. The molecule has 2 aliphatic heterocycles. The van der Waals surface area contributed by atoms with Crippen LogP contribution in [0.2, 0.25) is 0 Å². The average molecular weight is 447 g/mol. The van der Waals surface area contributed by atoms with Crippen molar-refractivity contribution in [3.8, 4) is 0 Å². The molecule has 0 aromatic heterocycles. The zero-order valence-corrected chi connectivity index (χ0v) is 19.8. The number of carbonyl (C=O) groups is 3. The molecule has 4 rings (SSSR count). The molecule has 0 N–H and O–H groups in total. The van der Waals surface area contributed by atoms with Crippen LogP contribution in [0.1, 0.15) is 60.8 Å². The highest BCUT2D eigenvalue weighted by Crippen LogP contribution is 2.64. The van der Waals surface area contributed by atoms with Crippen LogP contribution in [0.4, 0.5) is 0 Å². The summed E-state index contributed by atoms with van der Waals surface area (Å²) in [6.07, 6.45) is 2.09. The van der Waals surface area contributed by atoms with Crippen molar-refractivity contribution in [3.63, 3.8) is 0 Å². The molecule has 32 heavy (non-hydrogen) atoms. The van der Waals surface area contributed by atoms with E-state index in [9.17, 15) is 14.4 Å². The highest BCUT2D eigenvalue weighted by Gasteiger charge is 2.73. The standard InChI is InChI=1S/C25H34O7/c1-8-13(4)22(27)32-25(7)15-9-10-24(6)17(19(15)31-23(25)28)14(5)18(20-21(24)30-20)29-16(26)11-12(2)3/h8,12,15,17-21H,5,9-11H2,1-4,6-7H3/b13-8-/t15-,17+,18-,19-,20-,21-,24+,25+/m1/s1. The van der Waals surface area contributed by atoms with Crippen molar-refractivity contribution >= 4 is 17.9 Å². The van der Waals surface area contributed by atoms with Crippen LogP contribution in [0.15, 0.2) is 23.8 Å². The molecule has 0 spiro atoms. The first-order valence-electron chi connectivity index (χ1n) is 11.5. The van der Waals surface area contributed by atoms with Crippen LogP contribution in [0.5, 0.6) is 0 Å². The van der Waals surface area contributed by atoms with Crippen molar-refractivity contribution in [1.82, 2.24) is 0 Å². The Morgan fingerprint density at radius 1 is 1.28 bits per heavy atom. The Balaban J connectivity index is 1.60. The zero-order valence-electron chi connectivity index (χ0n) is 19.8. The Hall–Kier alpha value is -2.15. The third-order valence-corrected chi connectivity index (χ3v) is 7.92. The van der Waals surface area contributed by atoms with Crippen molar-refractivity contribution in [2.45, 2.75) is 90.8 Å². The number of allylic oxidation sites excluding steroid dienone is 1. The topological polar surface area (TPSA) is 91.4 Å². The summed E-state index contributed by atoms with van der Waals surface area (Å²) in [6, 6.07) is 0. The van der Waals surface area contributed by atoms with E-state index in [4.69, 9.17) is 18.9 Å². The first-order chi connectivity index (χ1) is 14.9. The Kier molecular flexibility index (Phi) is 5.55. The molecule has 0 bridgehead atoms. The van der Waals surface area contributed by atoms with Gasteiger partial charge in [-0.25, -0.2) is 9.59 Å². The molecule has 0 aromatic carbocycles. The molecular weight excluding hydrogens is 412 g/mol. The van der Waals surface area contributed by atoms with E-state index >= 15 is 0 Å². The van der Waals surface area contributed by atoms with E-state index in [1.54, 1.807) is 26.8 Å². The molecule has 4 aliphatic rings. The third-order valence-electron chi connectivity index (χ3n) is 7.92. The van der Waals surface area contributed by atoms with Crippen LogP contribution in [-0.4, -0.2) is 47.9 Å². The molecular formula is C25H34O7. The van der Waals surface area contributed by atoms with Gasteiger partial charge in [0.25, 0.3) is 0 Å². The monoisotopic (exact) mass is 446 g/mol. The quantitative estimate of drug-likeness (QED) is 0.210. The second kappa shape index (κ2) is 7.72. The lowest BCUT2D eigenvalue weighted by Gasteiger charge is -2.50. The fourth-order valence-electron chi connectivity index (χ4n) is 5.93. The Morgan fingerprint density at radius 2 is 1.97 bits per heavy atom. The van der Waals surface area contributed by atoms with Gasteiger partial charge >= 0.3 is 17.9 Å². The van der Waals surface area contributed by atoms with Gasteiger partial charge in [0.1, 0.15) is 12.2 Å². The summed E-state index contributed by atoms with van der Waals surface area (Å²) >= 11 is 0. The van der Waals surface area contributed by atoms with E-state index in [-0.39, 0.29) is 41.3 Å². The number of carbonyl (C=O) groups excluding carboxylic acids is 3. The van der Waals surface area contributed by atoms with Crippen LogP contribution in [0.25, 0.3) is 0 Å². The van der Waals surface area contributed by atoms with Crippen molar-refractivity contribution in [3.05, 3.63) is 23.8 Å². The molecule has 2 saturated heterocycles. The molecule has 7 nitrogen and oxygen atoms in total. The summed E-state index contributed by atoms with van der Waals surface area (Å²) in [5.74, 6) is -1.69. The van der Waals surface area contributed by atoms with E-state index in [2.05, 4.69) is 13.5 Å². The van der Waals surface area contributed by atoms with Gasteiger partial charge in [0, 0.05) is 29.2 Å². The zero-order chi connectivity index (χ0) is 23.6. The summed E-state index contributed by atoms with van der Waals surface area (Å²) in [5.41, 5.74) is -0.472. The molecule has 0 unspecified atom stereocenters. The number of ether oxygens (including phenoxy) is 4. The first kappa shape index (κ1) is 23.0. The van der Waals surface area contributed by atoms with E-state index in [0.717, 1.165) is 12.0 Å². The highest BCUT2D eigenvalue weighted by atomic mass is 16.6. The lowest BCUT2D eigenvalue weighted by atomic mass is 9.54. The lowest BCUT2D eigenvalue weighted by Crippen LogP contribution is -2.56. The van der Waals surface area contributed by atoms with Gasteiger partial charge in [-0.3, -0.25) is 4.79 Å². The number of esters is 3. The highest BCUT2D eigenvalue weighted by molar-refractivity contribution is 5.92. The fraction of sp³-hybridized carbons (Fsp3) is 0.720. The Labute approximate surface area is 189 Å². The maximum absolute atomic E-state index is 13.0. The number of hydrogen-bond donors (Lipinski definition) is 0. The van der Waals surface area contributed by atoms with Gasteiger partial charge in [-0.05, 0) is 45.1 Å². The first-order valence-corrected chi connectivity index (χ1v) is 11.5. The van der Waals surface area contributed by atoms with Gasteiger partial charge in [0.2, 0.25) is 5.60 Å². The van der Waals surface area contributed by atoms with Crippen LogP contribution < -0.4 is 0 Å². The molecule has 7 heteroatoms. The predicted molar refractivity (Wildman–Crippen MR) is 115 cm³/mol. The molecule has 8 atom stereocenters. The van der Waals surface area contributed by atoms with Gasteiger partial charge in [-0.15, -0.1) is 0 Å². The minimum absolute atomic E-state index is 0.0748. The van der Waals surface area contributed by atoms with Crippen molar-refractivity contribution in [1.29, 1.82) is 0 Å². The van der Waals surface area contributed by atoms with Crippen LogP contribution in [0.3, 0.4) is 0 Å². The largest absolute Gasteiger partial charge is 0.458 e. The Morgan fingerprint density at radius 3 is 2.59 bits per heavy atom. The summed E-state index contributed by atoms with van der Waals surface area (Å²) in [6.45, 7) is 15.4. The smallest absolute Gasteiger partial charge is 0.351 e. The number of fused-ring (bicyclic) bond motifs is 5. The summed E-state index contributed by atoms with van der Waals surface area (Å²) in [7, 11) is 0. The molecule has 2 aliphatic carbocycles. The van der Waals surface area contributed by atoms with Crippen LogP contribution in [-0.2, 0) is 33.3 Å². The maximum atomic E-state index is 13.0. The second-order valence-electron chi connectivity index (χ2n) is 10.6. The summed E-state index contributed by atoms with van der Waals surface area (Å²) < 4.78 is 23.4. The molecule has 0 radical (unpaired) electrons. The van der Waals surface area contributed by atoms with Gasteiger partial charge in [-0.1, -0.05) is 33.4 Å². The SMILES string of the molecule is C=C1[C@@H](OC(=O)CC(C)C)[C@H]2O[C@H]2[C@@]2(C)CC[C@@H]3[C@@H](OC(=O)[C@@]3(C)OC(=O)/C(C)=C\C)[C@H]12. The Bertz CT molecular complexity index is 889. The van der Waals surface area contributed by atoms with Gasteiger partial charge in [0.05, 0.1) is 6.10 Å². The van der Waals surface area contributed by atoms with Crippen molar-refractivity contribution in [2.75, 3.05) is 0 Å². The van der Waals surface area contributed by atoms with Gasteiger partial charge in [0.15, 0.2) is 6.10 Å². The molecule has 2 saturated carbocycles. The third kappa shape index (κ3) is 3.40. The van der Waals surface area contributed by atoms with E-state index < -0.39 is 29.7 Å². The van der Waals surface area contributed by atoms with E-state index in [0.29, 0.717) is 18.4 Å². The number of rotatable bonds is 5. The maximum Gasteiger partial charge on any atom is 0.351 e. The average Bonchev–Trinajstić information content (AvgIpc) is 3.47. The van der Waals surface area contributed by atoms with E-state index in [1.807, 2.05) is 13.8 Å². The number of epoxide rings is 1. The minimum Gasteiger partial charge on any atom is -0.458 e. The lowest BCUT2D eigenvalue weighted by molar-refractivity contribution is -0.170.